The maximum absolute atomic E-state index is 13.0. The van der Waals surface area contributed by atoms with Gasteiger partial charge in [0.25, 0.3) is 0 Å². The topological polar surface area (TPSA) is 87.7 Å². The summed E-state index contributed by atoms with van der Waals surface area (Å²) in [6.45, 7) is 11.1. The van der Waals surface area contributed by atoms with Crippen LogP contribution in [0, 0.1) is 0 Å². The normalized spacial score (nSPS) is 14.0. The van der Waals surface area contributed by atoms with E-state index in [1.165, 1.54) is 0 Å². The largest absolute Gasteiger partial charge is 0.444 e. The van der Waals surface area contributed by atoms with Crippen LogP contribution in [0.15, 0.2) is 72.8 Å². The highest BCUT2D eigenvalue weighted by Crippen LogP contribution is 2.14. The molecule has 2 rings (SSSR count). The van der Waals surface area contributed by atoms with Crippen molar-refractivity contribution in [1.82, 2.24) is 10.6 Å². The van der Waals surface area contributed by atoms with E-state index in [9.17, 15) is 14.7 Å². The number of carbonyl (C=O) groups is 2. The highest BCUT2D eigenvalue weighted by molar-refractivity contribution is 5.86. The summed E-state index contributed by atoms with van der Waals surface area (Å²) < 4.78 is 5.33. The van der Waals surface area contributed by atoms with Gasteiger partial charge in [0.15, 0.2) is 0 Å². The third-order valence-corrected chi connectivity index (χ3v) is 5.03. The summed E-state index contributed by atoms with van der Waals surface area (Å²) in [5, 5.41) is 16.1. The molecule has 0 saturated heterocycles. The van der Waals surface area contributed by atoms with Crippen LogP contribution in [-0.4, -0.2) is 40.9 Å². The lowest BCUT2D eigenvalue weighted by molar-refractivity contribution is -0.124. The van der Waals surface area contributed by atoms with Gasteiger partial charge < -0.3 is 20.5 Å². The highest BCUT2D eigenvalue weighted by Gasteiger charge is 2.27. The van der Waals surface area contributed by atoms with E-state index in [0.717, 1.165) is 16.7 Å². The number of amides is 2. The van der Waals surface area contributed by atoms with Gasteiger partial charge in [-0.1, -0.05) is 72.8 Å². The van der Waals surface area contributed by atoms with E-state index < -0.39 is 29.9 Å². The minimum Gasteiger partial charge on any atom is -0.444 e. The van der Waals surface area contributed by atoms with E-state index in [4.69, 9.17) is 4.74 Å². The molecular weight excluding hydrogens is 416 g/mol. The summed E-state index contributed by atoms with van der Waals surface area (Å²) in [5.74, 6) is -0.384. The van der Waals surface area contributed by atoms with Crippen LogP contribution in [0.5, 0.6) is 0 Å². The number of rotatable bonds is 10. The average molecular weight is 453 g/mol. The van der Waals surface area contributed by atoms with Gasteiger partial charge in [0.2, 0.25) is 5.91 Å². The van der Waals surface area contributed by atoms with Crippen molar-refractivity contribution in [1.29, 1.82) is 0 Å². The van der Waals surface area contributed by atoms with E-state index in [0.29, 0.717) is 19.3 Å². The fourth-order valence-electron chi connectivity index (χ4n) is 3.36. The molecule has 3 atom stereocenters. The van der Waals surface area contributed by atoms with Crippen molar-refractivity contribution in [2.45, 2.75) is 70.7 Å². The molecule has 2 aromatic rings. The van der Waals surface area contributed by atoms with Gasteiger partial charge in [-0.15, -0.1) is 0 Å². The summed E-state index contributed by atoms with van der Waals surface area (Å²) in [4.78, 5) is 25.4. The molecule has 0 spiro atoms. The number of hydrogen-bond acceptors (Lipinski definition) is 4. The molecule has 0 aliphatic carbocycles. The molecule has 2 amide bonds. The molecule has 6 heteroatoms. The Kier molecular flexibility index (Phi) is 9.67. The smallest absolute Gasteiger partial charge is 0.408 e. The highest BCUT2D eigenvalue weighted by atomic mass is 16.6. The molecule has 2 aromatic carbocycles. The van der Waals surface area contributed by atoms with Crippen LogP contribution in [0.3, 0.4) is 0 Å². The molecule has 0 aromatic heterocycles. The maximum atomic E-state index is 13.0. The first-order valence-electron chi connectivity index (χ1n) is 11.3. The second-order valence-electron chi connectivity index (χ2n) is 9.37. The van der Waals surface area contributed by atoms with Gasteiger partial charge in [-0.25, -0.2) is 4.79 Å². The lowest BCUT2D eigenvalue weighted by Crippen LogP contribution is -2.53. The van der Waals surface area contributed by atoms with Crippen molar-refractivity contribution in [2.24, 2.45) is 0 Å². The standard InChI is InChI=1S/C27H36N2O4/c1-19(16-21-12-8-6-9-13-21)17-24(30)20(2)28-25(31)23(18-22-14-10-7-11-15-22)29-26(32)33-27(3,4)5/h6-15,20,23-24,30H,1,16-18H2,2-5H3,(H,28,31)(H,29,32)/t20-,23-,24+/m0/s1. The molecule has 0 fully saturated rings. The first kappa shape index (κ1) is 26.1. The number of aliphatic hydroxyl groups is 1. The summed E-state index contributed by atoms with van der Waals surface area (Å²) >= 11 is 0. The number of nitrogens with one attached hydrogen (secondary N) is 2. The first-order valence-corrected chi connectivity index (χ1v) is 11.3. The van der Waals surface area contributed by atoms with Crippen molar-refractivity contribution in [3.63, 3.8) is 0 Å². The first-order chi connectivity index (χ1) is 15.5. The number of ether oxygens (including phenoxy) is 1. The van der Waals surface area contributed by atoms with Gasteiger partial charge >= 0.3 is 6.09 Å². The Bertz CT molecular complexity index is 907. The third kappa shape index (κ3) is 9.91. The van der Waals surface area contributed by atoms with Crippen LogP contribution in [-0.2, 0) is 22.4 Å². The molecule has 0 bridgehead atoms. The summed E-state index contributed by atoms with van der Waals surface area (Å²) in [5.41, 5.74) is 2.22. The summed E-state index contributed by atoms with van der Waals surface area (Å²) in [6, 6.07) is 18.0. The number of carbonyl (C=O) groups excluding carboxylic acids is 2. The molecule has 0 saturated carbocycles. The van der Waals surface area contributed by atoms with Gasteiger partial charge in [0, 0.05) is 6.42 Å². The van der Waals surface area contributed by atoms with Gasteiger partial charge in [-0.3, -0.25) is 4.79 Å². The molecular formula is C27H36N2O4. The Balaban J connectivity index is 1.98. The minimum absolute atomic E-state index is 0.301. The van der Waals surface area contributed by atoms with Crippen LogP contribution in [0.2, 0.25) is 0 Å². The quantitative estimate of drug-likeness (QED) is 0.472. The van der Waals surface area contributed by atoms with E-state index >= 15 is 0 Å². The Morgan fingerprint density at radius 2 is 1.52 bits per heavy atom. The maximum Gasteiger partial charge on any atom is 0.408 e. The van der Waals surface area contributed by atoms with E-state index in [1.54, 1.807) is 27.7 Å². The molecule has 0 heterocycles. The second kappa shape index (κ2) is 12.2. The number of benzene rings is 2. The Morgan fingerprint density at radius 3 is 2.06 bits per heavy atom. The molecule has 6 nitrogen and oxygen atoms in total. The van der Waals surface area contributed by atoms with Crippen LogP contribution < -0.4 is 10.6 Å². The van der Waals surface area contributed by atoms with Crippen molar-refractivity contribution < 1.29 is 19.4 Å². The zero-order valence-electron chi connectivity index (χ0n) is 20.0. The second-order valence-corrected chi connectivity index (χ2v) is 9.37. The van der Waals surface area contributed by atoms with Crippen molar-refractivity contribution in [3.8, 4) is 0 Å². The van der Waals surface area contributed by atoms with Crippen molar-refractivity contribution in [2.75, 3.05) is 0 Å². The number of aliphatic hydroxyl groups excluding tert-OH is 1. The molecule has 178 valence electrons. The SMILES string of the molecule is C=C(Cc1ccccc1)C[C@@H](O)[C@H](C)NC(=O)[C@H](Cc1ccccc1)NC(=O)OC(C)(C)C. The van der Waals surface area contributed by atoms with Crippen molar-refractivity contribution >= 4 is 12.0 Å². The predicted molar refractivity (Wildman–Crippen MR) is 131 cm³/mol. The monoisotopic (exact) mass is 452 g/mol. The van der Waals surface area contributed by atoms with Crippen LogP contribution in [0.4, 0.5) is 4.79 Å². The number of alkyl carbamates (subject to hydrolysis) is 1. The molecule has 0 aliphatic rings. The van der Waals surface area contributed by atoms with E-state index in [-0.39, 0.29) is 5.91 Å². The Morgan fingerprint density at radius 1 is 0.970 bits per heavy atom. The van der Waals surface area contributed by atoms with Gasteiger partial charge in [-0.2, -0.15) is 0 Å². The van der Waals surface area contributed by atoms with Gasteiger partial charge in [0.1, 0.15) is 11.6 Å². The number of hydrogen-bond donors (Lipinski definition) is 3. The van der Waals surface area contributed by atoms with E-state index in [2.05, 4.69) is 17.2 Å². The van der Waals surface area contributed by atoms with Crippen LogP contribution >= 0.6 is 0 Å². The zero-order chi connectivity index (χ0) is 24.4. The lowest BCUT2D eigenvalue weighted by atomic mass is 9.98. The molecule has 3 N–H and O–H groups in total. The fourth-order valence-corrected chi connectivity index (χ4v) is 3.36. The van der Waals surface area contributed by atoms with Gasteiger partial charge in [-0.05, 0) is 51.7 Å². The van der Waals surface area contributed by atoms with Crippen LogP contribution in [0.1, 0.15) is 45.2 Å². The van der Waals surface area contributed by atoms with Gasteiger partial charge in [0.05, 0.1) is 12.1 Å². The third-order valence-electron chi connectivity index (χ3n) is 5.03. The fraction of sp³-hybridized carbons (Fsp3) is 0.407. The Labute approximate surface area is 197 Å². The van der Waals surface area contributed by atoms with E-state index in [1.807, 2.05) is 60.7 Å². The summed E-state index contributed by atoms with van der Waals surface area (Å²) in [6.07, 6.45) is -0.142. The van der Waals surface area contributed by atoms with Crippen LogP contribution in [0.25, 0.3) is 0 Å². The summed E-state index contributed by atoms with van der Waals surface area (Å²) in [7, 11) is 0. The average Bonchev–Trinajstić information content (AvgIpc) is 2.73. The van der Waals surface area contributed by atoms with Crippen molar-refractivity contribution in [3.05, 3.63) is 83.9 Å². The molecule has 0 unspecified atom stereocenters. The predicted octanol–water partition coefficient (Wildman–Crippen LogP) is 4.18. The molecule has 33 heavy (non-hydrogen) atoms. The lowest BCUT2D eigenvalue weighted by Gasteiger charge is -2.26. The molecule has 0 aliphatic heterocycles. The Hall–Kier alpha value is -3.12. The molecule has 0 radical (unpaired) electrons. The zero-order valence-corrected chi connectivity index (χ0v) is 20.0. The minimum atomic E-state index is -0.843.